The van der Waals surface area contributed by atoms with Crippen molar-refractivity contribution in [2.45, 2.75) is 37.9 Å². The Labute approximate surface area is 84.1 Å². The van der Waals surface area contributed by atoms with Gasteiger partial charge in [0.05, 0.1) is 0 Å². The average Bonchev–Trinajstić information content (AvgIpc) is 2.16. The second-order valence-electron chi connectivity index (χ2n) is 4.18. The molecular formula is C12H16FN. The number of hydrogen-bond donors (Lipinski definition) is 1. The van der Waals surface area contributed by atoms with E-state index in [1.165, 1.54) is 5.56 Å². The van der Waals surface area contributed by atoms with Crippen molar-refractivity contribution in [2.24, 2.45) is 5.73 Å². The van der Waals surface area contributed by atoms with Gasteiger partial charge in [-0.15, -0.1) is 0 Å². The van der Waals surface area contributed by atoms with Crippen LogP contribution in [-0.2, 0) is 12.1 Å². The van der Waals surface area contributed by atoms with Crippen molar-refractivity contribution in [1.29, 1.82) is 0 Å². The first-order valence-electron chi connectivity index (χ1n) is 5.18. The molecule has 1 nitrogen and oxygen atoms in total. The molecule has 0 unspecified atom stereocenters. The van der Waals surface area contributed by atoms with Gasteiger partial charge in [0.25, 0.3) is 0 Å². The van der Waals surface area contributed by atoms with Crippen LogP contribution in [0.3, 0.4) is 0 Å². The molecule has 0 amide bonds. The van der Waals surface area contributed by atoms with E-state index >= 15 is 0 Å². The number of hydrogen-bond acceptors (Lipinski definition) is 1. The maximum atomic E-state index is 14.0. The van der Waals surface area contributed by atoms with Crippen molar-refractivity contribution >= 4 is 0 Å². The van der Waals surface area contributed by atoms with Crippen LogP contribution in [0, 0.1) is 0 Å². The fraction of sp³-hybridized carbons (Fsp3) is 0.500. The Bertz CT molecular complexity index is 312. The Morgan fingerprint density at radius 3 is 2.36 bits per heavy atom. The summed E-state index contributed by atoms with van der Waals surface area (Å²) < 4.78 is 14.0. The van der Waals surface area contributed by atoms with Gasteiger partial charge in [0.2, 0.25) is 0 Å². The van der Waals surface area contributed by atoms with Crippen molar-refractivity contribution in [1.82, 2.24) is 0 Å². The van der Waals surface area contributed by atoms with Crippen LogP contribution in [-0.4, -0.2) is 6.04 Å². The monoisotopic (exact) mass is 193 g/mol. The highest BCUT2D eigenvalue weighted by Gasteiger charge is 2.44. The molecule has 0 saturated heterocycles. The van der Waals surface area contributed by atoms with Gasteiger partial charge >= 0.3 is 0 Å². The standard InChI is InChI=1S/C12H16FN/c1-2-9-3-5-10(6-4-9)12(13)7-11(14)8-12/h3-6,11H,2,7-8,14H2,1H3. The van der Waals surface area contributed by atoms with Crippen LogP contribution in [0.4, 0.5) is 4.39 Å². The Morgan fingerprint density at radius 1 is 1.36 bits per heavy atom. The molecule has 0 spiro atoms. The minimum absolute atomic E-state index is 0.0471. The molecule has 0 atom stereocenters. The lowest BCUT2D eigenvalue weighted by atomic mass is 9.73. The molecule has 0 heterocycles. The highest BCUT2D eigenvalue weighted by molar-refractivity contribution is 5.30. The lowest BCUT2D eigenvalue weighted by Crippen LogP contribution is -2.46. The zero-order chi connectivity index (χ0) is 10.2. The third-order valence-corrected chi connectivity index (χ3v) is 3.05. The van der Waals surface area contributed by atoms with Crippen LogP contribution < -0.4 is 5.73 Å². The zero-order valence-electron chi connectivity index (χ0n) is 8.46. The van der Waals surface area contributed by atoms with E-state index in [0.29, 0.717) is 12.8 Å². The SMILES string of the molecule is CCc1ccc(C2(F)CC(N)C2)cc1. The van der Waals surface area contributed by atoms with E-state index in [9.17, 15) is 4.39 Å². The highest BCUT2D eigenvalue weighted by Crippen LogP contribution is 2.44. The van der Waals surface area contributed by atoms with Crippen LogP contribution >= 0.6 is 0 Å². The summed E-state index contributed by atoms with van der Waals surface area (Å²) in [6.07, 6.45) is 1.94. The second kappa shape index (κ2) is 3.35. The molecule has 0 aliphatic heterocycles. The van der Waals surface area contributed by atoms with Crippen LogP contribution in [0.25, 0.3) is 0 Å². The first kappa shape index (κ1) is 9.66. The quantitative estimate of drug-likeness (QED) is 0.767. The van der Waals surface area contributed by atoms with Gasteiger partial charge in [-0.1, -0.05) is 31.2 Å². The van der Waals surface area contributed by atoms with Crippen molar-refractivity contribution in [2.75, 3.05) is 0 Å². The van der Waals surface area contributed by atoms with Crippen molar-refractivity contribution in [3.8, 4) is 0 Å². The fourth-order valence-electron chi connectivity index (χ4n) is 2.05. The molecule has 2 heteroatoms. The number of halogens is 1. The first-order valence-corrected chi connectivity index (χ1v) is 5.18. The Kier molecular flexibility index (Phi) is 2.31. The molecule has 2 rings (SSSR count). The van der Waals surface area contributed by atoms with Gasteiger partial charge in [0.15, 0.2) is 0 Å². The molecule has 0 aromatic heterocycles. The van der Waals surface area contributed by atoms with E-state index in [1.807, 2.05) is 24.3 Å². The molecule has 1 fully saturated rings. The smallest absolute Gasteiger partial charge is 0.139 e. The van der Waals surface area contributed by atoms with E-state index in [1.54, 1.807) is 0 Å². The minimum Gasteiger partial charge on any atom is -0.327 e. The summed E-state index contributed by atoms with van der Waals surface area (Å²) in [5.74, 6) is 0. The van der Waals surface area contributed by atoms with Gasteiger partial charge in [-0.25, -0.2) is 4.39 Å². The summed E-state index contributed by atoms with van der Waals surface area (Å²) >= 11 is 0. The minimum atomic E-state index is -1.15. The molecule has 0 radical (unpaired) electrons. The van der Waals surface area contributed by atoms with E-state index in [4.69, 9.17) is 5.73 Å². The van der Waals surface area contributed by atoms with E-state index < -0.39 is 5.67 Å². The molecular weight excluding hydrogens is 177 g/mol. The van der Waals surface area contributed by atoms with Gasteiger partial charge < -0.3 is 5.73 Å². The zero-order valence-corrected chi connectivity index (χ0v) is 8.46. The van der Waals surface area contributed by atoms with Crippen molar-refractivity contribution in [3.63, 3.8) is 0 Å². The maximum absolute atomic E-state index is 14.0. The summed E-state index contributed by atoms with van der Waals surface area (Å²) in [4.78, 5) is 0. The van der Waals surface area contributed by atoms with Crippen LogP contribution in [0.15, 0.2) is 24.3 Å². The average molecular weight is 193 g/mol. The summed E-state index contributed by atoms with van der Waals surface area (Å²) in [6.45, 7) is 2.10. The molecule has 1 aromatic carbocycles. The van der Waals surface area contributed by atoms with Gasteiger partial charge in [-0.05, 0) is 17.5 Å². The lowest BCUT2D eigenvalue weighted by Gasteiger charge is -2.39. The summed E-state index contributed by atoms with van der Waals surface area (Å²) in [5, 5.41) is 0. The number of benzene rings is 1. The van der Waals surface area contributed by atoms with Crippen LogP contribution in [0.5, 0.6) is 0 Å². The predicted octanol–water partition coefficient (Wildman–Crippen LogP) is 2.53. The van der Waals surface area contributed by atoms with Gasteiger partial charge in [-0.2, -0.15) is 0 Å². The first-order chi connectivity index (χ1) is 6.64. The molecule has 1 aromatic rings. The van der Waals surface area contributed by atoms with Gasteiger partial charge in [0.1, 0.15) is 5.67 Å². The number of rotatable bonds is 2. The third-order valence-electron chi connectivity index (χ3n) is 3.05. The van der Waals surface area contributed by atoms with E-state index in [-0.39, 0.29) is 6.04 Å². The maximum Gasteiger partial charge on any atom is 0.139 e. The number of nitrogens with two attached hydrogens (primary N) is 1. The largest absolute Gasteiger partial charge is 0.327 e. The molecule has 1 aliphatic carbocycles. The summed E-state index contributed by atoms with van der Waals surface area (Å²) in [7, 11) is 0. The van der Waals surface area contributed by atoms with Crippen LogP contribution in [0.1, 0.15) is 30.9 Å². The topological polar surface area (TPSA) is 26.0 Å². The Morgan fingerprint density at radius 2 is 1.93 bits per heavy atom. The van der Waals surface area contributed by atoms with Crippen molar-refractivity contribution < 1.29 is 4.39 Å². The summed E-state index contributed by atoms with van der Waals surface area (Å²) in [6, 6.07) is 7.84. The highest BCUT2D eigenvalue weighted by atomic mass is 19.1. The lowest BCUT2D eigenvalue weighted by molar-refractivity contribution is 0.0405. The molecule has 1 aliphatic rings. The third kappa shape index (κ3) is 1.55. The van der Waals surface area contributed by atoms with E-state index in [0.717, 1.165) is 12.0 Å². The number of alkyl halides is 1. The molecule has 1 saturated carbocycles. The van der Waals surface area contributed by atoms with Crippen molar-refractivity contribution in [3.05, 3.63) is 35.4 Å². The predicted molar refractivity (Wildman–Crippen MR) is 55.8 cm³/mol. The fourth-order valence-corrected chi connectivity index (χ4v) is 2.05. The molecule has 76 valence electrons. The number of aryl methyl sites for hydroxylation is 1. The van der Waals surface area contributed by atoms with Crippen LogP contribution in [0.2, 0.25) is 0 Å². The molecule has 14 heavy (non-hydrogen) atoms. The summed E-state index contributed by atoms with van der Waals surface area (Å²) in [5.41, 5.74) is 6.50. The Balaban J connectivity index is 2.17. The van der Waals surface area contributed by atoms with Gasteiger partial charge in [-0.3, -0.25) is 0 Å². The Hall–Kier alpha value is -0.890. The van der Waals surface area contributed by atoms with Gasteiger partial charge in [0, 0.05) is 18.9 Å². The molecule has 2 N–H and O–H groups in total. The normalized spacial score (nSPS) is 31.2. The molecule has 0 bridgehead atoms. The van der Waals surface area contributed by atoms with E-state index in [2.05, 4.69) is 6.92 Å². The second-order valence-corrected chi connectivity index (χ2v) is 4.18.